The molecule has 0 aliphatic carbocycles. The number of nitrogens with zero attached hydrogens (tertiary/aromatic N) is 8. The molecular weight excluding hydrogens is 1900 g/mol. The molecule has 140 heavy (non-hydrogen) atoms. The Morgan fingerprint density at radius 1 is 0.514 bits per heavy atom. The zero-order valence-electron chi connectivity index (χ0n) is 90.3. The Labute approximate surface area is 860 Å². The van der Waals surface area contributed by atoms with Crippen LogP contribution < -0.4 is 40.1 Å². The number of aliphatic hydroxyl groups excluding tert-OH is 3. The van der Waals surface area contributed by atoms with Crippen molar-refractivity contribution in [3.63, 3.8) is 0 Å². The average Bonchev–Trinajstić information content (AvgIpc) is 1.61. The summed E-state index contributed by atoms with van der Waals surface area (Å²) in [5, 5.41) is 61.5. The Bertz CT molecular complexity index is 4710. The summed E-state index contributed by atoms with van der Waals surface area (Å²) in [6.07, 6.45) is 9.44. The van der Waals surface area contributed by atoms with E-state index in [4.69, 9.17) is 33.2 Å². The van der Waals surface area contributed by atoms with Crippen LogP contribution in [0.3, 0.4) is 0 Å². The largest absolute Gasteiger partial charge is 1.00 e. The van der Waals surface area contributed by atoms with E-state index in [1.807, 2.05) is 183 Å². The fourth-order valence-corrected chi connectivity index (χ4v) is 17.6. The van der Waals surface area contributed by atoms with Crippen LogP contribution >= 0.6 is 22.6 Å². The summed E-state index contributed by atoms with van der Waals surface area (Å²) in [6, 6.07) is 15.5. The molecule has 11 atom stereocenters. The molecule has 5 heterocycles. The predicted octanol–water partition coefficient (Wildman–Crippen LogP) is 17.6. The topological polar surface area (TPSA) is 353 Å². The van der Waals surface area contributed by atoms with Gasteiger partial charge in [0.15, 0.2) is 0 Å². The van der Waals surface area contributed by atoms with E-state index in [2.05, 4.69) is 114 Å². The Morgan fingerprint density at radius 2 is 0.864 bits per heavy atom. The number of aliphatic hydroxyl groups is 3. The Kier molecular flexibility index (Phi) is 53.5. The summed E-state index contributed by atoms with van der Waals surface area (Å²) < 4.78 is 86.4. The summed E-state index contributed by atoms with van der Waals surface area (Å²) in [4.78, 5) is 92.8. The fraction of sp³-hybridized carbons (Fsp3) is 0.726. The van der Waals surface area contributed by atoms with E-state index in [9.17, 15) is 62.1 Å². The number of alkyl halides is 3. The molecule has 7 N–H and O–H groups in total. The molecule has 790 valence electrons. The van der Waals surface area contributed by atoms with Crippen molar-refractivity contribution in [3.05, 3.63) is 94.8 Å². The number of carbonyl (C=O) groups is 7. The third kappa shape index (κ3) is 40.1. The molecule has 29 nitrogen and oxygen atoms in total. The summed E-state index contributed by atoms with van der Waals surface area (Å²) in [6.45, 7) is 57.8. The van der Waals surface area contributed by atoms with Gasteiger partial charge in [0.05, 0.1) is 83.8 Å². The molecule has 2 saturated heterocycles. The van der Waals surface area contributed by atoms with Gasteiger partial charge in [-0.15, -0.1) is 0 Å². The molecule has 6 amide bonds. The van der Waals surface area contributed by atoms with E-state index in [0.29, 0.717) is 51.1 Å². The number of hydrogen-bond donors (Lipinski definition) is 7. The molecule has 0 saturated carbocycles. The van der Waals surface area contributed by atoms with Crippen LogP contribution in [0, 0.1) is 62.2 Å². The minimum atomic E-state index is -5.17. The van der Waals surface area contributed by atoms with Crippen molar-refractivity contribution in [1.82, 2.24) is 60.4 Å². The minimum absolute atomic E-state index is 0. The zero-order valence-corrected chi connectivity index (χ0v) is 92.5. The van der Waals surface area contributed by atoms with Gasteiger partial charge in [0.1, 0.15) is 28.9 Å². The second-order valence-electron chi connectivity index (χ2n) is 43.1. The van der Waals surface area contributed by atoms with Crippen molar-refractivity contribution < 1.29 is 114 Å². The number of rotatable bonds is 47. The molecule has 2 aliphatic rings. The van der Waals surface area contributed by atoms with Crippen LogP contribution in [-0.4, -0.2) is 223 Å². The molecular formula is C106H175F3ILiN12O17. The van der Waals surface area contributed by atoms with E-state index < -0.39 is 118 Å². The van der Waals surface area contributed by atoms with Crippen LogP contribution in [0.4, 0.5) is 22.8 Å². The van der Waals surface area contributed by atoms with Gasteiger partial charge in [0, 0.05) is 122 Å². The normalized spacial score (nSPS) is 17.6. The molecule has 3 aromatic heterocycles. The van der Waals surface area contributed by atoms with Crippen LogP contribution in [0.15, 0.2) is 73.2 Å². The van der Waals surface area contributed by atoms with E-state index in [0.717, 1.165) is 124 Å². The van der Waals surface area contributed by atoms with E-state index in [-0.39, 0.29) is 92.2 Å². The Morgan fingerprint density at radius 3 is 1.19 bits per heavy atom. The number of halogens is 4. The first-order valence-electron chi connectivity index (χ1n) is 50.2. The number of benzene rings is 3. The number of hydrogen-bond acceptors (Lipinski definition) is 20. The fourth-order valence-electron chi connectivity index (χ4n) is 17.1. The van der Waals surface area contributed by atoms with Crippen molar-refractivity contribution in [2.45, 2.75) is 386 Å². The van der Waals surface area contributed by atoms with E-state index in [1.165, 1.54) is 20.9 Å². The number of unbranched alkanes of at least 4 members (excludes halogenated alkanes) is 4. The monoisotopic (exact) mass is 2080 g/mol. The number of fused-ring (bicyclic) bond motifs is 3. The number of aryl methyl sites for hydroxylation is 3. The molecule has 2 fully saturated rings. The van der Waals surface area contributed by atoms with Gasteiger partial charge in [-0.1, -0.05) is 186 Å². The summed E-state index contributed by atoms with van der Waals surface area (Å²) in [5.74, 6) is -3.74. The zero-order chi connectivity index (χ0) is 105. The SMILES string of the molecule is CCCCC(C)(C)C(=O)NC[C@@H]1OC(C)(C)N(C(=O)OC(C)(C)C)[C@H]1C[C@@H](C(C)C)C(O)c1ccc2cnn(CCCOC)c2c1.CCCCC(C)(C)C(=O)NC[C@@H]1OC(C)(C)N(C(=O)OC(C)(C)C)[C@H]1C[C@H](C=O)C(C)C.CCCCC(C)(C)C(=O)NC[C@H](O)[C@H](C[C@@H](C(C)C)C(O)c1ccc2cnn(CCCOC)c2c1)NC(=O)C(F)(F)F.COCCCn1ncc2ccc(I)cc21.[CH2-]CCC.[Li+]. The summed E-state index contributed by atoms with van der Waals surface area (Å²) >= 11 is 2.32. The second kappa shape index (κ2) is 58.9. The number of aldehydes is 1. The molecule has 6 aromatic rings. The van der Waals surface area contributed by atoms with Gasteiger partial charge in [-0.3, -0.25) is 43.0 Å². The molecule has 0 spiro atoms. The van der Waals surface area contributed by atoms with Gasteiger partial charge in [0.2, 0.25) is 17.7 Å². The van der Waals surface area contributed by atoms with Crippen molar-refractivity contribution in [3.8, 4) is 0 Å². The number of amides is 6. The summed E-state index contributed by atoms with van der Waals surface area (Å²) in [7, 11) is 5.03. The number of aromatic nitrogens is 6. The van der Waals surface area contributed by atoms with Gasteiger partial charge in [-0.25, -0.2) is 9.59 Å². The second-order valence-corrected chi connectivity index (χ2v) is 44.3. The maximum Gasteiger partial charge on any atom is 1.00 e. The number of ether oxygens (including phenoxy) is 7. The number of carbonyl (C=O) groups excluding carboxylic acids is 7. The Balaban J connectivity index is 0.000000495. The number of nitrogens with one attached hydrogen (secondary N) is 4. The van der Waals surface area contributed by atoms with Crippen molar-refractivity contribution >= 4 is 97.4 Å². The van der Waals surface area contributed by atoms with Gasteiger partial charge in [-0.05, 0) is 215 Å². The maximum atomic E-state index is 13.8. The maximum absolute atomic E-state index is 13.8. The van der Waals surface area contributed by atoms with E-state index >= 15 is 0 Å². The van der Waals surface area contributed by atoms with Gasteiger partial charge < -0.3 is 81.5 Å². The molecule has 2 aliphatic heterocycles. The van der Waals surface area contributed by atoms with Crippen LogP contribution in [-0.2, 0) is 76.8 Å². The molecule has 34 heteroatoms. The smallest absolute Gasteiger partial charge is 0.444 e. The van der Waals surface area contributed by atoms with E-state index in [1.54, 1.807) is 68.0 Å². The third-order valence-electron chi connectivity index (χ3n) is 25.7. The van der Waals surface area contributed by atoms with Crippen molar-refractivity contribution in [2.75, 3.05) is 60.8 Å². The first-order chi connectivity index (χ1) is 64.8. The van der Waals surface area contributed by atoms with Gasteiger partial charge >= 0.3 is 43.1 Å². The number of methoxy groups -OCH3 is 3. The van der Waals surface area contributed by atoms with Crippen LogP contribution in [0.25, 0.3) is 32.7 Å². The molecule has 0 bridgehead atoms. The molecule has 8 rings (SSSR count). The summed E-state index contributed by atoms with van der Waals surface area (Å²) in [5.41, 5.74) is -0.706. The van der Waals surface area contributed by atoms with Gasteiger partial charge in [-0.2, -0.15) is 34.9 Å². The molecule has 0 radical (unpaired) electrons. The Hall–Kier alpha value is -7.04. The van der Waals surface area contributed by atoms with Crippen LogP contribution in [0.2, 0.25) is 0 Å². The van der Waals surface area contributed by atoms with Crippen molar-refractivity contribution in [1.29, 1.82) is 0 Å². The molecule has 2 unspecified atom stereocenters. The van der Waals surface area contributed by atoms with Crippen LogP contribution in [0.5, 0.6) is 0 Å². The predicted molar refractivity (Wildman–Crippen MR) is 551 cm³/mol. The quantitative estimate of drug-likeness (QED) is 0.00613. The minimum Gasteiger partial charge on any atom is -0.444 e. The molecule has 3 aromatic carbocycles. The average molecular weight is 2080 g/mol. The van der Waals surface area contributed by atoms with Crippen molar-refractivity contribution in [2.24, 2.45) is 51.8 Å². The standard InChI is InChI=1S/C36H60N4O6.C30H47F3N4O5.C25H46N2O5.C11H13IN2O.C4H9.Li/c1-12-13-17-35(7,8)32(42)37-23-30-29(40(36(9,10)45-30)33(43)46-34(4,5)6)21-27(24(2)3)31(41)25-15-16-26-22-38-39(28(26)20-25)18-14-19-44-11;1-7-8-12-29(4,5)27(40)34-18-25(38)23(36-28(41)30(31,32)33)16-22(19(2)3)26(39)20-10-11-21-17-35-37(24(21)15-20)13-9-14-42-6;1-11-12-13-24(7,8)21(29)26-15-20-19(14-18(16-28)17(2)3)27(25(9,10)31-20)22(30)32-23(4,5)6;1-15-6-2-5-14-11-7-10(12)4-3-9(11)8-13-14;1-3-4-2;/h15-16,20,22,24,27,29-31,41H,12-14,17-19,21,23H2,1-11H3,(H,37,42);10-11,15,17,19,22-23,25-26,38-39H,7-9,12-14,16,18H2,1-6H3,(H,34,40)(H,36,41);16-20H,11-15H2,1-10H3,(H,26,29);3-4,7-8H,2,5-6H2,1H3;1,3-4H2,2H3;/q;;;;-1;+1/t27-,29-,30-,31?;22-,23-,25-,26?;18-,19+,20+;;;/m001.../s1. The third-order valence-corrected chi connectivity index (χ3v) is 26.4. The first kappa shape index (κ1) is 127. The van der Waals surface area contributed by atoms with Gasteiger partial charge in [0.25, 0.3) is 0 Å². The van der Waals surface area contributed by atoms with Crippen LogP contribution in [0.1, 0.15) is 313 Å². The first-order valence-corrected chi connectivity index (χ1v) is 51.3.